The molecule has 0 radical (unpaired) electrons. The first-order chi connectivity index (χ1) is 22.2. The zero-order chi connectivity index (χ0) is 32.1. The van der Waals surface area contributed by atoms with Gasteiger partial charge in [-0.15, -0.1) is 0 Å². The monoisotopic (exact) mass is 631 g/mol. The number of piperidine rings is 1. The van der Waals surface area contributed by atoms with E-state index in [9.17, 15) is 22.8 Å². The maximum absolute atomic E-state index is 13.9. The first kappa shape index (κ1) is 31.3. The Balaban J connectivity index is 1.04. The normalized spacial score (nSPS) is 16.1. The SMILES string of the molecule is O=C(Cc1ccc(N2CCN(C(=O)CCc3ccccc3)CC2)nc1)c1oc(N2CCC(c3ccccc3)CC2)nc1C(F)(F)F. The van der Waals surface area contributed by atoms with Crippen LogP contribution >= 0.6 is 0 Å². The van der Waals surface area contributed by atoms with Crippen molar-refractivity contribution in [3.8, 4) is 0 Å². The van der Waals surface area contributed by atoms with Crippen LogP contribution in [-0.2, 0) is 23.8 Å². The summed E-state index contributed by atoms with van der Waals surface area (Å²) >= 11 is 0. The number of piperazine rings is 1. The van der Waals surface area contributed by atoms with Crippen molar-refractivity contribution in [2.24, 2.45) is 0 Å². The Morgan fingerprint density at radius 3 is 2.11 bits per heavy atom. The minimum Gasteiger partial charge on any atom is -0.420 e. The van der Waals surface area contributed by atoms with Crippen LogP contribution in [0.15, 0.2) is 83.4 Å². The fraction of sp³-hybridized carbons (Fsp3) is 0.371. The van der Waals surface area contributed by atoms with Crippen LogP contribution in [0.25, 0.3) is 0 Å². The van der Waals surface area contributed by atoms with Gasteiger partial charge in [0.15, 0.2) is 5.69 Å². The summed E-state index contributed by atoms with van der Waals surface area (Å²) < 4.78 is 47.3. The number of carbonyl (C=O) groups is 2. The number of amides is 1. The minimum absolute atomic E-state index is 0.121. The Bertz CT molecular complexity index is 1610. The van der Waals surface area contributed by atoms with Crippen molar-refractivity contribution < 1.29 is 27.2 Å². The average Bonchev–Trinajstić information content (AvgIpc) is 3.56. The van der Waals surface area contributed by atoms with E-state index in [1.165, 1.54) is 11.8 Å². The number of alkyl halides is 3. The maximum atomic E-state index is 13.9. The summed E-state index contributed by atoms with van der Waals surface area (Å²) in [6.45, 7) is 3.33. The van der Waals surface area contributed by atoms with Crippen LogP contribution in [0.1, 0.15) is 58.1 Å². The molecule has 0 N–H and O–H groups in total. The van der Waals surface area contributed by atoms with Crippen LogP contribution in [0.3, 0.4) is 0 Å². The Morgan fingerprint density at radius 2 is 1.48 bits per heavy atom. The van der Waals surface area contributed by atoms with Crippen molar-refractivity contribution in [3.05, 3.63) is 107 Å². The van der Waals surface area contributed by atoms with Gasteiger partial charge in [-0.25, -0.2) is 4.98 Å². The molecule has 0 saturated carbocycles. The highest BCUT2D eigenvalue weighted by Crippen LogP contribution is 2.36. The topological polar surface area (TPSA) is 82.8 Å². The fourth-order valence-electron chi connectivity index (χ4n) is 6.17. The van der Waals surface area contributed by atoms with Gasteiger partial charge in [0.25, 0.3) is 6.01 Å². The third-order valence-corrected chi connectivity index (χ3v) is 8.77. The van der Waals surface area contributed by atoms with Crippen LogP contribution in [0, 0.1) is 0 Å². The largest absolute Gasteiger partial charge is 0.437 e. The third kappa shape index (κ3) is 7.41. The first-order valence-electron chi connectivity index (χ1n) is 15.7. The van der Waals surface area contributed by atoms with Gasteiger partial charge in [-0.1, -0.05) is 66.7 Å². The molecule has 4 heterocycles. The summed E-state index contributed by atoms with van der Waals surface area (Å²) in [6.07, 6.45) is -0.977. The predicted molar refractivity (Wildman–Crippen MR) is 168 cm³/mol. The summed E-state index contributed by atoms with van der Waals surface area (Å²) in [4.78, 5) is 39.6. The van der Waals surface area contributed by atoms with E-state index in [0.717, 1.165) is 18.4 Å². The molecule has 0 bridgehead atoms. The number of Topliss-reactive ketones (excluding diaryl/α,β-unsaturated/α-hetero) is 1. The highest BCUT2D eigenvalue weighted by Gasteiger charge is 2.42. The summed E-state index contributed by atoms with van der Waals surface area (Å²) in [7, 11) is 0. The Morgan fingerprint density at radius 1 is 0.804 bits per heavy atom. The Hall–Kier alpha value is -4.67. The van der Waals surface area contributed by atoms with E-state index in [2.05, 4.69) is 27.0 Å². The van der Waals surface area contributed by atoms with E-state index in [1.807, 2.05) is 53.4 Å². The van der Waals surface area contributed by atoms with Crippen LogP contribution < -0.4 is 9.80 Å². The lowest BCUT2D eigenvalue weighted by molar-refractivity contribution is -0.141. The number of aryl methyl sites for hydroxylation is 1. The van der Waals surface area contributed by atoms with Crippen molar-refractivity contribution in [1.29, 1.82) is 0 Å². The number of benzene rings is 2. The van der Waals surface area contributed by atoms with E-state index >= 15 is 0 Å². The number of hydrogen-bond acceptors (Lipinski definition) is 7. The molecular weight excluding hydrogens is 595 g/mol. The molecule has 0 aliphatic carbocycles. The summed E-state index contributed by atoms with van der Waals surface area (Å²) in [5.41, 5.74) is 1.51. The predicted octanol–water partition coefficient (Wildman–Crippen LogP) is 6.18. The standard InChI is InChI=1S/C35H36F3N5O3/c36-35(37,38)33-32(46-34(40-33)43-17-15-28(16-18-43)27-9-5-2-6-10-27)29(44)23-26-11-13-30(39-24-26)41-19-21-42(22-20-41)31(45)14-12-25-7-3-1-4-8-25/h1-11,13,24,28H,12,14-23H2. The lowest BCUT2D eigenvalue weighted by atomic mass is 9.90. The second kappa shape index (κ2) is 13.8. The summed E-state index contributed by atoms with van der Waals surface area (Å²) in [6, 6.07) is 23.2. The maximum Gasteiger partial charge on any atom is 0.437 e. The molecule has 0 unspecified atom stereocenters. The number of ketones is 1. The molecule has 4 aromatic rings. The lowest BCUT2D eigenvalue weighted by Crippen LogP contribution is -2.49. The molecule has 2 fully saturated rings. The Kier molecular flexibility index (Phi) is 9.37. The molecule has 46 heavy (non-hydrogen) atoms. The van der Waals surface area contributed by atoms with Crippen molar-refractivity contribution in [3.63, 3.8) is 0 Å². The third-order valence-electron chi connectivity index (χ3n) is 8.77. The highest BCUT2D eigenvalue weighted by molar-refractivity contribution is 5.96. The molecular formula is C35H36F3N5O3. The quantitative estimate of drug-likeness (QED) is 0.204. The molecule has 2 aromatic heterocycles. The van der Waals surface area contributed by atoms with Gasteiger partial charge in [0.1, 0.15) is 5.82 Å². The van der Waals surface area contributed by atoms with E-state index < -0.39 is 23.4 Å². The van der Waals surface area contributed by atoms with Gasteiger partial charge in [0, 0.05) is 58.3 Å². The number of hydrogen-bond donors (Lipinski definition) is 0. The van der Waals surface area contributed by atoms with E-state index in [1.54, 1.807) is 17.0 Å². The number of rotatable bonds is 9. The zero-order valence-corrected chi connectivity index (χ0v) is 25.5. The molecule has 2 aliphatic rings. The van der Waals surface area contributed by atoms with Crippen LogP contribution in [0.4, 0.5) is 25.0 Å². The number of anilines is 2. The van der Waals surface area contributed by atoms with Crippen LogP contribution in [0.2, 0.25) is 0 Å². The second-order valence-corrected chi connectivity index (χ2v) is 11.8. The van der Waals surface area contributed by atoms with Crippen molar-refractivity contribution in [1.82, 2.24) is 14.9 Å². The molecule has 2 saturated heterocycles. The van der Waals surface area contributed by atoms with Gasteiger partial charge in [0.05, 0.1) is 0 Å². The first-order valence-corrected chi connectivity index (χ1v) is 15.7. The lowest BCUT2D eigenvalue weighted by Gasteiger charge is -2.35. The second-order valence-electron chi connectivity index (χ2n) is 11.8. The van der Waals surface area contributed by atoms with Crippen molar-refractivity contribution >= 4 is 23.5 Å². The van der Waals surface area contributed by atoms with Gasteiger partial charge in [-0.3, -0.25) is 9.59 Å². The summed E-state index contributed by atoms with van der Waals surface area (Å²) in [5.74, 6) is -0.463. The van der Waals surface area contributed by atoms with E-state index in [4.69, 9.17) is 4.42 Å². The number of oxazole rings is 1. The molecule has 240 valence electrons. The number of aromatic nitrogens is 2. The summed E-state index contributed by atoms with van der Waals surface area (Å²) in [5, 5.41) is 0. The molecule has 11 heteroatoms. The molecule has 0 spiro atoms. The number of nitrogens with zero attached hydrogens (tertiary/aromatic N) is 5. The van der Waals surface area contributed by atoms with Crippen LogP contribution in [0.5, 0.6) is 0 Å². The molecule has 6 rings (SSSR count). The molecule has 0 atom stereocenters. The van der Waals surface area contributed by atoms with Crippen molar-refractivity contribution in [2.75, 3.05) is 49.1 Å². The number of pyridine rings is 1. The van der Waals surface area contributed by atoms with E-state index in [-0.39, 0.29) is 18.3 Å². The molecule has 1 amide bonds. The van der Waals surface area contributed by atoms with Gasteiger partial charge >= 0.3 is 6.18 Å². The van der Waals surface area contributed by atoms with Gasteiger partial charge in [-0.2, -0.15) is 18.2 Å². The number of halogens is 3. The van der Waals surface area contributed by atoms with Crippen molar-refractivity contribution in [2.45, 2.75) is 44.2 Å². The highest BCUT2D eigenvalue weighted by atomic mass is 19.4. The van der Waals surface area contributed by atoms with Gasteiger partial charge in [-0.05, 0) is 47.9 Å². The van der Waals surface area contributed by atoms with Gasteiger partial charge in [0.2, 0.25) is 17.5 Å². The molecule has 2 aromatic carbocycles. The molecule has 2 aliphatic heterocycles. The molecule has 8 nitrogen and oxygen atoms in total. The van der Waals surface area contributed by atoms with Gasteiger partial charge < -0.3 is 19.1 Å². The van der Waals surface area contributed by atoms with Crippen LogP contribution in [-0.4, -0.2) is 65.8 Å². The average molecular weight is 632 g/mol. The zero-order valence-electron chi connectivity index (χ0n) is 25.5. The minimum atomic E-state index is -4.83. The fourth-order valence-corrected chi connectivity index (χ4v) is 6.17. The smallest absolute Gasteiger partial charge is 0.420 e. The Labute approximate surface area is 265 Å². The van der Waals surface area contributed by atoms with E-state index in [0.29, 0.717) is 69.4 Å². The number of carbonyl (C=O) groups excluding carboxylic acids is 2.